The first-order chi connectivity index (χ1) is 11.9. The number of unbranched alkanes of at least 4 members (excludes halogenated alkanes) is 1. The second-order valence-electron chi connectivity index (χ2n) is 7.23. The molecule has 0 aromatic carbocycles. The van der Waals surface area contributed by atoms with Crippen LogP contribution in [0.5, 0.6) is 0 Å². The smallest absolute Gasteiger partial charge is 0.398 e. The van der Waals surface area contributed by atoms with Crippen molar-refractivity contribution < 1.29 is 26.9 Å². The van der Waals surface area contributed by atoms with E-state index in [1.54, 1.807) is 33.8 Å². The summed E-state index contributed by atoms with van der Waals surface area (Å²) in [6.07, 6.45) is 0.360. The van der Waals surface area contributed by atoms with Crippen molar-refractivity contribution >= 4 is 12.7 Å². The van der Waals surface area contributed by atoms with Gasteiger partial charge in [-0.15, -0.1) is 6.58 Å². The van der Waals surface area contributed by atoms with Crippen molar-refractivity contribution in [3.63, 3.8) is 0 Å². The lowest BCUT2D eigenvalue weighted by molar-refractivity contribution is -0.0699. The van der Waals surface area contributed by atoms with Crippen LogP contribution >= 0.6 is 0 Å². The molecule has 0 radical (unpaired) electrons. The van der Waals surface area contributed by atoms with E-state index in [0.29, 0.717) is 19.4 Å². The van der Waals surface area contributed by atoms with E-state index in [4.69, 9.17) is 9.31 Å². The molecule has 1 aliphatic rings. The molecule has 2 rings (SSSR count). The molecule has 1 aromatic rings. The van der Waals surface area contributed by atoms with Gasteiger partial charge in [0.05, 0.1) is 23.0 Å². The molecule has 4 nitrogen and oxygen atoms in total. The number of halogens is 4. The van der Waals surface area contributed by atoms with Gasteiger partial charge in [-0.1, -0.05) is 6.08 Å². The molecular formula is C17H23BF4N2O2. The summed E-state index contributed by atoms with van der Waals surface area (Å²) in [5.41, 5.74) is -5.17. The van der Waals surface area contributed by atoms with E-state index in [9.17, 15) is 17.6 Å². The van der Waals surface area contributed by atoms with Crippen LogP contribution in [0.1, 0.15) is 46.1 Å². The molecular weight excluding hydrogens is 351 g/mol. The van der Waals surface area contributed by atoms with Crippen molar-refractivity contribution in [2.45, 2.75) is 64.5 Å². The van der Waals surface area contributed by atoms with E-state index in [-0.39, 0.29) is 5.56 Å². The molecule has 0 bridgehead atoms. The third-order valence-electron chi connectivity index (χ3n) is 4.70. The fraction of sp³-hybridized carbons (Fsp3) is 0.588. The molecule has 0 unspecified atom stereocenters. The summed E-state index contributed by atoms with van der Waals surface area (Å²) in [6, 6.07) is 0. The van der Waals surface area contributed by atoms with Crippen molar-refractivity contribution in [2.75, 3.05) is 0 Å². The molecule has 1 saturated heterocycles. The Balaban J connectivity index is 2.36. The maximum atomic E-state index is 14.8. The predicted octanol–water partition coefficient (Wildman–Crippen LogP) is 4.72. The summed E-state index contributed by atoms with van der Waals surface area (Å²) >= 11 is 0. The number of hydrogen-bond acceptors (Lipinski definition) is 3. The van der Waals surface area contributed by atoms with Gasteiger partial charge in [0.2, 0.25) is 0 Å². The SMILES string of the molecule is C=CCCCn1cc(C(=C(F)B2OC(C)(C)C(C)(C)O2)C(F)(F)F)cn1. The minimum atomic E-state index is -4.91. The molecule has 2 heterocycles. The van der Waals surface area contributed by atoms with Gasteiger partial charge in [0, 0.05) is 18.3 Å². The van der Waals surface area contributed by atoms with Crippen molar-refractivity contribution in [2.24, 2.45) is 0 Å². The molecule has 9 heteroatoms. The van der Waals surface area contributed by atoms with Gasteiger partial charge < -0.3 is 9.31 Å². The number of alkyl halides is 3. The molecule has 26 heavy (non-hydrogen) atoms. The minimum Gasteiger partial charge on any atom is -0.398 e. The second kappa shape index (κ2) is 7.19. The van der Waals surface area contributed by atoms with Gasteiger partial charge >= 0.3 is 13.3 Å². The summed E-state index contributed by atoms with van der Waals surface area (Å²) in [7, 11) is -1.72. The Morgan fingerprint density at radius 1 is 1.27 bits per heavy atom. The molecule has 0 aliphatic carbocycles. The highest BCUT2D eigenvalue weighted by Crippen LogP contribution is 2.43. The van der Waals surface area contributed by atoms with Crippen LogP contribution in [0.4, 0.5) is 17.6 Å². The number of aryl methyl sites for hydroxylation is 1. The minimum absolute atomic E-state index is 0.358. The van der Waals surface area contributed by atoms with E-state index in [1.165, 1.54) is 10.9 Å². The quantitative estimate of drug-likeness (QED) is 0.313. The molecule has 0 N–H and O–H groups in total. The van der Waals surface area contributed by atoms with Gasteiger partial charge in [0.25, 0.3) is 0 Å². The summed E-state index contributed by atoms with van der Waals surface area (Å²) < 4.78 is 67.7. The normalized spacial score (nSPS) is 20.2. The van der Waals surface area contributed by atoms with Crippen molar-refractivity contribution in [1.29, 1.82) is 0 Å². The number of rotatable bonds is 6. The van der Waals surface area contributed by atoms with Gasteiger partial charge in [-0.3, -0.25) is 4.68 Å². The summed E-state index contributed by atoms with van der Waals surface area (Å²) in [5, 5.41) is 3.89. The first kappa shape index (κ1) is 20.7. The highest BCUT2D eigenvalue weighted by molar-refractivity contribution is 6.55. The molecule has 0 atom stereocenters. The Morgan fingerprint density at radius 2 is 1.85 bits per heavy atom. The number of hydrogen-bond donors (Lipinski definition) is 0. The third-order valence-corrected chi connectivity index (χ3v) is 4.70. The van der Waals surface area contributed by atoms with E-state index in [1.807, 2.05) is 0 Å². The van der Waals surface area contributed by atoms with Crippen LogP contribution < -0.4 is 0 Å². The molecule has 1 aliphatic heterocycles. The van der Waals surface area contributed by atoms with Gasteiger partial charge in [0.15, 0.2) is 0 Å². The zero-order valence-electron chi connectivity index (χ0n) is 15.4. The van der Waals surface area contributed by atoms with Crippen LogP contribution in [0.3, 0.4) is 0 Å². The molecule has 1 fully saturated rings. The van der Waals surface area contributed by atoms with Crippen LogP contribution in [0, 0.1) is 0 Å². The molecule has 0 spiro atoms. The van der Waals surface area contributed by atoms with E-state index in [0.717, 1.165) is 6.20 Å². The van der Waals surface area contributed by atoms with Gasteiger partial charge in [-0.05, 0) is 40.5 Å². The zero-order chi connectivity index (χ0) is 19.8. The Bertz CT molecular complexity index is 679. The Hall–Kier alpha value is -1.61. The first-order valence-corrected chi connectivity index (χ1v) is 8.35. The summed E-state index contributed by atoms with van der Waals surface area (Å²) in [6.45, 7) is 10.6. The maximum absolute atomic E-state index is 14.8. The lowest BCUT2D eigenvalue weighted by Crippen LogP contribution is -2.41. The highest BCUT2D eigenvalue weighted by Gasteiger charge is 2.55. The van der Waals surface area contributed by atoms with Crippen LogP contribution in [-0.4, -0.2) is 34.3 Å². The van der Waals surface area contributed by atoms with Crippen molar-refractivity contribution in [1.82, 2.24) is 9.78 Å². The molecule has 0 saturated carbocycles. The van der Waals surface area contributed by atoms with Crippen LogP contribution in [0.2, 0.25) is 0 Å². The zero-order valence-corrected chi connectivity index (χ0v) is 15.4. The van der Waals surface area contributed by atoms with Gasteiger partial charge in [0.1, 0.15) is 5.73 Å². The monoisotopic (exact) mass is 374 g/mol. The Labute approximate surface area is 151 Å². The fourth-order valence-electron chi connectivity index (χ4n) is 2.51. The fourth-order valence-corrected chi connectivity index (χ4v) is 2.51. The standard InChI is InChI=1S/C17H23BF4N2O2/c1-6-7-8-9-24-11-12(10-23-24)13(17(20,21)22)14(19)18-25-15(2,3)16(4,5)26-18/h6,10-11H,1,7-9H2,2-5H3. The average Bonchev–Trinajstić information content (AvgIpc) is 3.01. The largest absolute Gasteiger partial charge is 0.525 e. The lowest BCUT2D eigenvalue weighted by Gasteiger charge is -2.32. The molecule has 0 amide bonds. The number of allylic oxidation sites excluding steroid dienone is 2. The Kier molecular flexibility index (Phi) is 5.73. The van der Waals surface area contributed by atoms with Crippen LogP contribution in [-0.2, 0) is 15.9 Å². The summed E-state index contributed by atoms with van der Waals surface area (Å²) in [4.78, 5) is 0. The van der Waals surface area contributed by atoms with Crippen molar-refractivity contribution in [3.05, 3.63) is 36.3 Å². The van der Waals surface area contributed by atoms with Crippen LogP contribution in [0.25, 0.3) is 5.57 Å². The van der Waals surface area contributed by atoms with Crippen molar-refractivity contribution in [3.8, 4) is 0 Å². The Morgan fingerprint density at radius 3 is 2.35 bits per heavy atom. The molecule has 1 aromatic heterocycles. The van der Waals surface area contributed by atoms with E-state index < -0.39 is 35.8 Å². The van der Waals surface area contributed by atoms with Gasteiger partial charge in [-0.25, -0.2) is 4.39 Å². The second-order valence-corrected chi connectivity index (χ2v) is 7.23. The molecule has 144 valence electrons. The number of nitrogens with zero attached hydrogens (tertiary/aromatic N) is 2. The van der Waals surface area contributed by atoms with Crippen LogP contribution in [0.15, 0.2) is 30.8 Å². The van der Waals surface area contributed by atoms with E-state index >= 15 is 0 Å². The first-order valence-electron chi connectivity index (χ1n) is 8.35. The topological polar surface area (TPSA) is 36.3 Å². The summed E-state index contributed by atoms with van der Waals surface area (Å²) in [5.74, 6) is 0. The third kappa shape index (κ3) is 4.20. The van der Waals surface area contributed by atoms with E-state index in [2.05, 4.69) is 11.7 Å². The predicted molar refractivity (Wildman–Crippen MR) is 91.8 cm³/mol. The van der Waals surface area contributed by atoms with Gasteiger partial charge in [-0.2, -0.15) is 18.3 Å². The maximum Gasteiger partial charge on any atom is 0.525 e. The average molecular weight is 374 g/mol. The highest BCUT2D eigenvalue weighted by atomic mass is 19.4. The number of aromatic nitrogens is 2. The lowest BCUT2D eigenvalue weighted by atomic mass is 9.83.